The SMILES string of the molecule is N#Cc1cc2c3ccc(Oc4ccc5c6cc(C#N)c(C#N)cc6n6c7ccccc7nc6c5c4)cc3c3nc4ccccc4n3c2cc1C#N. The van der Waals surface area contributed by atoms with Gasteiger partial charge < -0.3 is 4.74 Å². The van der Waals surface area contributed by atoms with Crippen LogP contribution in [0.15, 0.2) is 109 Å². The Bertz CT molecular complexity index is 3170. The van der Waals surface area contributed by atoms with Crippen LogP contribution in [0.1, 0.15) is 22.3 Å². The van der Waals surface area contributed by atoms with E-state index in [1.165, 1.54) is 0 Å². The van der Waals surface area contributed by atoms with Gasteiger partial charge in [-0.25, -0.2) is 9.97 Å². The van der Waals surface area contributed by atoms with E-state index in [2.05, 4.69) is 24.3 Å². The van der Waals surface area contributed by atoms with E-state index in [9.17, 15) is 21.0 Å². The highest BCUT2D eigenvalue weighted by atomic mass is 16.5. The van der Waals surface area contributed by atoms with Crippen molar-refractivity contribution in [1.29, 1.82) is 21.0 Å². The van der Waals surface area contributed by atoms with Crippen LogP contribution in [-0.2, 0) is 0 Å². The van der Waals surface area contributed by atoms with Gasteiger partial charge in [-0.05, 0) is 95.7 Å². The van der Waals surface area contributed by atoms with Crippen LogP contribution >= 0.6 is 0 Å². The summed E-state index contributed by atoms with van der Waals surface area (Å²) >= 11 is 0. The molecule has 0 N–H and O–H groups in total. The molecule has 0 spiro atoms. The Morgan fingerprint density at radius 3 is 1.25 bits per heavy atom. The summed E-state index contributed by atoms with van der Waals surface area (Å²) in [5, 5.41) is 44.4. The standard InChI is InChI=1S/C42H18N8O/c43-19-23-13-31-29-11-9-27(17-33(29)41-47-35-5-1-3-7-37(35)49(41)39(31)15-25(23)21-45)51-28-10-12-30-32-14-24(20-44)26(22-46)16-40(32)50-38-8-4-2-6-36(38)48-42(50)34(30)18-28/h1-18H. The second kappa shape index (κ2) is 10.3. The lowest BCUT2D eigenvalue weighted by atomic mass is 10.00. The lowest BCUT2D eigenvalue weighted by molar-refractivity contribution is 0.484. The first-order valence-electron chi connectivity index (χ1n) is 16.0. The fraction of sp³-hybridized carbons (Fsp3) is 0. The third-order valence-corrected chi connectivity index (χ3v) is 9.64. The molecule has 0 aliphatic carbocycles. The average Bonchev–Trinajstić information content (AvgIpc) is 3.77. The fourth-order valence-electron chi connectivity index (χ4n) is 7.40. The minimum atomic E-state index is 0.307. The summed E-state index contributed by atoms with van der Waals surface area (Å²) < 4.78 is 10.6. The Morgan fingerprint density at radius 2 is 0.824 bits per heavy atom. The first-order chi connectivity index (χ1) is 25.1. The largest absolute Gasteiger partial charge is 0.457 e. The van der Waals surface area contributed by atoms with E-state index in [0.29, 0.717) is 45.0 Å². The zero-order valence-corrected chi connectivity index (χ0v) is 26.4. The maximum absolute atomic E-state index is 9.85. The summed E-state index contributed by atoms with van der Waals surface area (Å²) in [6, 6.07) is 43.0. The van der Waals surface area contributed by atoms with Crippen molar-refractivity contribution in [3.63, 3.8) is 0 Å². The Morgan fingerprint density at radius 1 is 0.412 bits per heavy atom. The van der Waals surface area contributed by atoms with Crippen molar-refractivity contribution in [1.82, 2.24) is 18.8 Å². The molecule has 0 atom stereocenters. The average molecular weight is 651 g/mol. The highest BCUT2D eigenvalue weighted by molar-refractivity contribution is 6.16. The molecule has 4 heterocycles. The summed E-state index contributed by atoms with van der Waals surface area (Å²) in [5.74, 6) is 1.17. The van der Waals surface area contributed by atoms with Gasteiger partial charge in [0.1, 0.15) is 47.1 Å². The Balaban J connectivity index is 1.21. The number of fused-ring (bicyclic) bond motifs is 16. The van der Waals surface area contributed by atoms with Gasteiger partial charge in [0.15, 0.2) is 0 Å². The lowest BCUT2D eigenvalue weighted by Gasteiger charge is -2.14. The lowest BCUT2D eigenvalue weighted by Crippen LogP contribution is -1.96. The van der Waals surface area contributed by atoms with Crippen LogP contribution in [0.25, 0.3) is 76.7 Å². The molecule has 0 amide bonds. The molecule has 9 heteroatoms. The summed E-state index contributed by atoms with van der Waals surface area (Å²) in [5.41, 5.74) is 7.60. The molecule has 4 aromatic heterocycles. The molecule has 9 nitrogen and oxygen atoms in total. The minimum absolute atomic E-state index is 0.307. The number of rotatable bonds is 2. The molecule has 51 heavy (non-hydrogen) atoms. The Kier molecular flexibility index (Phi) is 5.65. The number of hydrogen-bond acceptors (Lipinski definition) is 7. The highest BCUT2D eigenvalue weighted by Gasteiger charge is 2.19. The molecule has 10 rings (SSSR count). The van der Waals surface area contributed by atoms with Crippen molar-refractivity contribution in [2.45, 2.75) is 0 Å². The number of nitrogens with zero attached hydrogens (tertiary/aromatic N) is 8. The van der Waals surface area contributed by atoms with Crippen molar-refractivity contribution >= 4 is 76.7 Å². The van der Waals surface area contributed by atoms with Gasteiger partial charge in [0, 0.05) is 21.5 Å². The molecule has 232 valence electrons. The summed E-state index contributed by atoms with van der Waals surface area (Å²) in [7, 11) is 0. The molecule has 0 fully saturated rings. The van der Waals surface area contributed by atoms with Crippen LogP contribution in [0, 0.1) is 45.3 Å². The summed E-state index contributed by atoms with van der Waals surface area (Å²) in [6.07, 6.45) is 0. The molecule has 10 aromatic rings. The molecular formula is C42H18N8O. The zero-order valence-electron chi connectivity index (χ0n) is 26.4. The number of para-hydroxylation sites is 4. The zero-order chi connectivity index (χ0) is 34.4. The highest BCUT2D eigenvalue weighted by Crippen LogP contribution is 2.39. The second-order valence-corrected chi connectivity index (χ2v) is 12.3. The fourth-order valence-corrected chi connectivity index (χ4v) is 7.40. The van der Waals surface area contributed by atoms with Crippen molar-refractivity contribution in [2.75, 3.05) is 0 Å². The van der Waals surface area contributed by atoms with E-state index in [0.717, 1.165) is 65.4 Å². The van der Waals surface area contributed by atoms with Gasteiger partial charge >= 0.3 is 0 Å². The maximum atomic E-state index is 9.85. The van der Waals surface area contributed by atoms with Gasteiger partial charge in [0.05, 0.1) is 55.4 Å². The van der Waals surface area contributed by atoms with Crippen molar-refractivity contribution < 1.29 is 4.74 Å². The van der Waals surface area contributed by atoms with Crippen molar-refractivity contribution in [3.05, 3.63) is 131 Å². The Hall–Kier alpha value is -7.98. The molecular weight excluding hydrogens is 633 g/mol. The van der Waals surface area contributed by atoms with Crippen LogP contribution in [0.3, 0.4) is 0 Å². The van der Waals surface area contributed by atoms with Crippen molar-refractivity contribution in [2.24, 2.45) is 0 Å². The van der Waals surface area contributed by atoms with Gasteiger partial charge in [-0.2, -0.15) is 21.0 Å². The molecule has 0 unspecified atom stereocenters. The first kappa shape index (κ1) is 28.1. The molecule has 0 radical (unpaired) electrons. The van der Waals surface area contributed by atoms with Crippen LogP contribution in [0.2, 0.25) is 0 Å². The van der Waals surface area contributed by atoms with Crippen LogP contribution in [0.5, 0.6) is 11.5 Å². The van der Waals surface area contributed by atoms with Gasteiger partial charge in [-0.15, -0.1) is 0 Å². The van der Waals surface area contributed by atoms with Gasteiger partial charge in [-0.3, -0.25) is 8.80 Å². The number of nitriles is 4. The molecule has 0 bridgehead atoms. The molecule has 6 aromatic carbocycles. The normalized spacial score (nSPS) is 11.5. The van der Waals surface area contributed by atoms with E-state index in [1.54, 1.807) is 24.3 Å². The number of aromatic nitrogens is 4. The second-order valence-electron chi connectivity index (χ2n) is 12.3. The maximum Gasteiger partial charge on any atom is 0.146 e. The van der Waals surface area contributed by atoms with Gasteiger partial charge in [0.2, 0.25) is 0 Å². The Labute approximate surface area is 287 Å². The quantitative estimate of drug-likeness (QED) is 0.170. The monoisotopic (exact) mass is 650 g/mol. The van der Waals surface area contributed by atoms with Crippen LogP contribution in [-0.4, -0.2) is 18.8 Å². The van der Waals surface area contributed by atoms with Crippen LogP contribution < -0.4 is 4.74 Å². The molecule has 0 saturated carbocycles. The van der Waals surface area contributed by atoms with E-state index < -0.39 is 0 Å². The molecule has 0 aliphatic heterocycles. The molecule has 0 aliphatic rings. The van der Waals surface area contributed by atoms with Gasteiger partial charge in [0.25, 0.3) is 0 Å². The third kappa shape index (κ3) is 3.86. The van der Waals surface area contributed by atoms with E-state index >= 15 is 0 Å². The smallest absolute Gasteiger partial charge is 0.146 e. The first-order valence-corrected chi connectivity index (χ1v) is 16.0. The predicted octanol–water partition coefficient (Wildman–Crippen LogP) is 9.18. The topological polar surface area (TPSA) is 139 Å². The number of ether oxygens (including phenoxy) is 1. The minimum Gasteiger partial charge on any atom is -0.457 e. The predicted molar refractivity (Wildman–Crippen MR) is 194 cm³/mol. The number of hydrogen-bond donors (Lipinski definition) is 0. The van der Waals surface area contributed by atoms with Gasteiger partial charge in [-0.1, -0.05) is 24.3 Å². The third-order valence-electron chi connectivity index (χ3n) is 9.64. The summed E-state index contributed by atoms with van der Waals surface area (Å²) in [6.45, 7) is 0. The number of pyridine rings is 2. The number of imidazole rings is 2. The van der Waals surface area contributed by atoms with Crippen LogP contribution in [0.4, 0.5) is 0 Å². The molecule has 0 saturated heterocycles. The van der Waals surface area contributed by atoms with E-state index in [-0.39, 0.29) is 0 Å². The van der Waals surface area contributed by atoms with Crippen molar-refractivity contribution in [3.8, 4) is 35.8 Å². The van der Waals surface area contributed by atoms with E-state index in [1.807, 2.05) is 93.7 Å². The van der Waals surface area contributed by atoms with E-state index in [4.69, 9.17) is 14.7 Å². The summed E-state index contributed by atoms with van der Waals surface area (Å²) in [4.78, 5) is 9.99. The number of benzene rings is 6.